The van der Waals surface area contributed by atoms with Crippen LogP contribution in [0, 0.1) is 0 Å². The van der Waals surface area contributed by atoms with E-state index in [9.17, 15) is 0 Å². The number of benzene rings is 1. The Bertz CT molecular complexity index is 364. The van der Waals surface area contributed by atoms with E-state index in [0.717, 1.165) is 5.75 Å². The minimum absolute atomic E-state index is 0.539. The number of rotatable bonds is 2. The average molecular weight is 218 g/mol. The predicted molar refractivity (Wildman–Crippen MR) is 68.4 cm³/mol. The molecule has 16 heavy (non-hydrogen) atoms. The Kier molecular flexibility index (Phi) is 3.22. The summed E-state index contributed by atoms with van der Waals surface area (Å²) in [6, 6.07) is 4.64. The van der Waals surface area contributed by atoms with Crippen LogP contribution in [0.25, 0.3) is 0 Å². The minimum Gasteiger partial charge on any atom is -0.496 e. The van der Waals surface area contributed by atoms with Crippen LogP contribution < -0.4 is 4.74 Å². The van der Waals surface area contributed by atoms with Gasteiger partial charge >= 0.3 is 0 Å². The van der Waals surface area contributed by atoms with Crippen molar-refractivity contribution in [3.05, 3.63) is 28.8 Å². The van der Waals surface area contributed by atoms with Gasteiger partial charge in [0.15, 0.2) is 0 Å². The molecule has 0 aromatic heterocycles. The number of hydrogen-bond acceptors (Lipinski definition) is 1. The van der Waals surface area contributed by atoms with Crippen LogP contribution in [0.1, 0.15) is 62.1 Å². The maximum absolute atomic E-state index is 5.52. The molecule has 1 aliphatic carbocycles. The van der Waals surface area contributed by atoms with E-state index in [1.807, 2.05) is 0 Å². The number of fused-ring (bicyclic) bond motifs is 1. The van der Waals surface area contributed by atoms with Gasteiger partial charge in [-0.25, -0.2) is 0 Å². The molecule has 0 saturated carbocycles. The summed E-state index contributed by atoms with van der Waals surface area (Å²) in [5.41, 5.74) is 4.41. The smallest absolute Gasteiger partial charge is 0.122 e. The molecule has 2 rings (SSSR count). The molecule has 88 valence electrons. The lowest BCUT2D eigenvalue weighted by Gasteiger charge is -2.25. The van der Waals surface area contributed by atoms with Crippen LogP contribution in [-0.2, 0) is 6.42 Å². The number of aryl methyl sites for hydroxylation is 1. The van der Waals surface area contributed by atoms with Gasteiger partial charge in [-0.05, 0) is 53.9 Å². The molecule has 0 amide bonds. The van der Waals surface area contributed by atoms with Crippen molar-refractivity contribution in [2.24, 2.45) is 0 Å². The normalized spacial score (nSPS) is 19.7. The predicted octanol–water partition coefficient (Wildman–Crippen LogP) is 4.26. The van der Waals surface area contributed by atoms with E-state index in [2.05, 4.69) is 32.9 Å². The summed E-state index contributed by atoms with van der Waals surface area (Å²) >= 11 is 0. The zero-order chi connectivity index (χ0) is 11.7. The zero-order valence-electron chi connectivity index (χ0n) is 10.8. The molecule has 1 nitrogen and oxygen atoms in total. The molecule has 1 aromatic rings. The molecule has 0 spiro atoms. The summed E-state index contributed by atoms with van der Waals surface area (Å²) in [7, 11) is 1.78. The first-order chi connectivity index (χ1) is 7.63. The Hall–Kier alpha value is -0.980. The van der Waals surface area contributed by atoms with Crippen molar-refractivity contribution in [2.75, 3.05) is 7.11 Å². The second-order valence-electron chi connectivity index (χ2n) is 5.24. The van der Waals surface area contributed by atoms with Crippen LogP contribution in [0.5, 0.6) is 5.75 Å². The highest BCUT2D eigenvalue weighted by atomic mass is 16.5. The van der Waals surface area contributed by atoms with Crippen molar-refractivity contribution in [1.82, 2.24) is 0 Å². The van der Waals surface area contributed by atoms with E-state index in [-0.39, 0.29) is 0 Å². The van der Waals surface area contributed by atoms with Gasteiger partial charge in [0.05, 0.1) is 7.11 Å². The highest BCUT2D eigenvalue weighted by molar-refractivity contribution is 5.46. The van der Waals surface area contributed by atoms with Crippen LogP contribution in [-0.4, -0.2) is 7.11 Å². The van der Waals surface area contributed by atoms with Crippen LogP contribution in [0.3, 0.4) is 0 Å². The standard InChI is InChI=1S/C15H22O/c1-10(2)13-8-12-7-5-6-11(3)14(12)9-15(13)16-4/h8-11H,5-7H2,1-4H3/t11-/m0/s1. The third kappa shape index (κ3) is 1.95. The van der Waals surface area contributed by atoms with Gasteiger partial charge in [-0.2, -0.15) is 0 Å². The maximum Gasteiger partial charge on any atom is 0.122 e. The van der Waals surface area contributed by atoms with Gasteiger partial charge in [0.25, 0.3) is 0 Å². The van der Waals surface area contributed by atoms with Gasteiger partial charge in [0.1, 0.15) is 5.75 Å². The van der Waals surface area contributed by atoms with E-state index < -0.39 is 0 Å². The molecule has 0 heterocycles. The molecule has 0 N–H and O–H groups in total. The summed E-state index contributed by atoms with van der Waals surface area (Å²) < 4.78 is 5.52. The lowest BCUT2D eigenvalue weighted by atomic mass is 9.82. The van der Waals surface area contributed by atoms with Crippen LogP contribution >= 0.6 is 0 Å². The fourth-order valence-electron chi connectivity index (χ4n) is 2.72. The monoisotopic (exact) mass is 218 g/mol. The molecule has 1 aliphatic rings. The first kappa shape index (κ1) is 11.5. The summed E-state index contributed by atoms with van der Waals surface area (Å²) in [4.78, 5) is 0. The topological polar surface area (TPSA) is 9.23 Å². The average Bonchev–Trinajstić information content (AvgIpc) is 2.28. The highest BCUT2D eigenvalue weighted by Crippen LogP contribution is 2.37. The Labute approximate surface area is 98.8 Å². The SMILES string of the molecule is COc1cc2c(cc1C(C)C)CCC[C@@H]2C. The van der Waals surface area contributed by atoms with Crippen LogP contribution in [0.15, 0.2) is 12.1 Å². The Morgan fingerprint density at radius 1 is 1.31 bits per heavy atom. The fourth-order valence-corrected chi connectivity index (χ4v) is 2.72. The van der Waals surface area contributed by atoms with Crippen molar-refractivity contribution >= 4 is 0 Å². The van der Waals surface area contributed by atoms with Crippen LogP contribution in [0.4, 0.5) is 0 Å². The number of ether oxygens (including phenoxy) is 1. The molecule has 1 heteroatoms. The van der Waals surface area contributed by atoms with Gasteiger partial charge in [0.2, 0.25) is 0 Å². The van der Waals surface area contributed by atoms with Crippen molar-refractivity contribution in [3.8, 4) is 5.75 Å². The number of methoxy groups -OCH3 is 1. The second kappa shape index (κ2) is 4.48. The quantitative estimate of drug-likeness (QED) is 0.720. The summed E-state index contributed by atoms with van der Waals surface area (Å²) in [6.07, 6.45) is 3.89. The molecular formula is C15H22O. The molecule has 0 unspecified atom stereocenters. The number of hydrogen-bond donors (Lipinski definition) is 0. The van der Waals surface area contributed by atoms with Crippen molar-refractivity contribution in [3.63, 3.8) is 0 Å². The Morgan fingerprint density at radius 2 is 2.06 bits per heavy atom. The van der Waals surface area contributed by atoms with E-state index in [4.69, 9.17) is 4.74 Å². The minimum atomic E-state index is 0.539. The van der Waals surface area contributed by atoms with Gasteiger partial charge in [0, 0.05) is 0 Å². The molecule has 0 saturated heterocycles. The maximum atomic E-state index is 5.52. The highest BCUT2D eigenvalue weighted by Gasteiger charge is 2.20. The third-order valence-corrected chi connectivity index (χ3v) is 3.73. The van der Waals surface area contributed by atoms with Gasteiger partial charge < -0.3 is 4.74 Å². The van der Waals surface area contributed by atoms with Crippen molar-refractivity contribution in [2.45, 2.75) is 51.9 Å². The fraction of sp³-hybridized carbons (Fsp3) is 0.600. The molecule has 0 fully saturated rings. The summed E-state index contributed by atoms with van der Waals surface area (Å²) in [5.74, 6) is 2.30. The van der Waals surface area contributed by atoms with Gasteiger partial charge in [-0.15, -0.1) is 0 Å². The molecular weight excluding hydrogens is 196 g/mol. The van der Waals surface area contributed by atoms with Gasteiger partial charge in [-0.3, -0.25) is 0 Å². The van der Waals surface area contributed by atoms with Crippen molar-refractivity contribution < 1.29 is 4.74 Å². The first-order valence-electron chi connectivity index (χ1n) is 6.34. The van der Waals surface area contributed by atoms with Crippen molar-refractivity contribution in [1.29, 1.82) is 0 Å². The molecule has 1 aromatic carbocycles. The largest absolute Gasteiger partial charge is 0.496 e. The lowest BCUT2D eigenvalue weighted by Crippen LogP contribution is -2.09. The molecule has 0 radical (unpaired) electrons. The second-order valence-corrected chi connectivity index (χ2v) is 5.24. The van der Waals surface area contributed by atoms with E-state index in [1.165, 1.54) is 30.4 Å². The summed E-state index contributed by atoms with van der Waals surface area (Å²) in [5, 5.41) is 0. The van der Waals surface area contributed by atoms with E-state index in [0.29, 0.717) is 11.8 Å². The summed E-state index contributed by atoms with van der Waals surface area (Å²) in [6.45, 7) is 6.79. The van der Waals surface area contributed by atoms with E-state index in [1.54, 1.807) is 12.7 Å². The third-order valence-electron chi connectivity index (χ3n) is 3.73. The first-order valence-corrected chi connectivity index (χ1v) is 6.34. The van der Waals surface area contributed by atoms with Crippen LogP contribution in [0.2, 0.25) is 0 Å². The van der Waals surface area contributed by atoms with E-state index >= 15 is 0 Å². The zero-order valence-corrected chi connectivity index (χ0v) is 10.8. The lowest BCUT2D eigenvalue weighted by molar-refractivity contribution is 0.405. The molecule has 0 bridgehead atoms. The Morgan fingerprint density at radius 3 is 2.69 bits per heavy atom. The Balaban J connectivity index is 2.51. The van der Waals surface area contributed by atoms with Gasteiger partial charge in [-0.1, -0.05) is 26.8 Å². The molecule has 0 aliphatic heterocycles. The molecule has 1 atom stereocenters.